The zero-order chi connectivity index (χ0) is 20.3. The summed E-state index contributed by atoms with van der Waals surface area (Å²) in [6, 6.07) is 6.89. The molecule has 2 aliphatic carbocycles. The van der Waals surface area contributed by atoms with Crippen molar-refractivity contribution in [3.63, 3.8) is 0 Å². The van der Waals surface area contributed by atoms with E-state index < -0.39 is 5.41 Å². The summed E-state index contributed by atoms with van der Waals surface area (Å²) in [4.78, 5) is 27.5. The first-order chi connectivity index (χ1) is 14.1. The van der Waals surface area contributed by atoms with E-state index in [0.29, 0.717) is 19.1 Å². The van der Waals surface area contributed by atoms with Crippen LogP contribution in [0, 0.1) is 5.82 Å². The molecular formula is C23H32FN3O2. The van der Waals surface area contributed by atoms with Gasteiger partial charge in [-0.3, -0.25) is 4.79 Å². The Morgan fingerprint density at radius 2 is 1.62 bits per heavy atom. The zero-order valence-corrected chi connectivity index (χ0v) is 17.1. The Hall–Kier alpha value is -2.11. The van der Waals surface area contributed by atoms with Crippen molar-refractivity contribution in [1.82, 2.24) is 15.5 Å². The number of likely N-dealkylation sites (tertiary alicyclic amines) is 1. The molecule has 4 rings (SSSR count). The highest BCUT2D eigenvalue weighted by Crippen LogP contribution is 2.44. The third-order valence-corrected chi connectivity index (χ3v) is 7.07. The minimum Gasteiger partial charge on any atom is -0.352 e. The van der Waals surface area contributed by atoms with Crippen molar-refractivity contribution in [2.45, 2.75) is 81.7 Å². The van der Waals surface area contributed by atoms with Gasteiger partial charge in [-0.05, 0) is 56.2 Å². The Kier molecular flexibility index (Phi) is 6.07. The molecule has 3 fully saturated rings. The van der Waals surface area contributed by atoms with Gasteiger partial charge in [0.1, 0.15) is 5.82 Å². The summed E-state index contributed by atoms with van der Waals surface area (Å²) >= 11 is 0. The lowest BCUT2D eigenvalue weighted by molar-refractivity contribution is -0.131. The van der Waals surface area contributed by atoms with Gasteiger partial charge in [-0.2, -0.15) is 0 Å². The number of rotatable bonds is 4. The van der Waals surface area contributed by atoms with E-state index in [1.54, 1.807) is 6.07 Å². The van der Waals surface area contributed by atoms with Crippen LogP contribution in [0.15, 0.2) is 24.3 Å². The number of hydrogen-bond donors (Lipinski definition) is 2. The molecule has 0 unspecified atom stereocenters. The number of nitrogens with zero attached hydrogens (tertiary/aromatic N) is 1. The van der Waals surface area contributed by atoms with Crippen LogP contribution in [0.4, 0.5) is 9.18 Å². The Morgan fingerprint density at radius 3 is 2.24 bits per heavy atom. The van der Waals surface area contributed by atoms with Crippen LogP contribution in [-0.4, -0.2) is 42.0 Å². The summed E-state index contributed by atoms with van der Waals surface area (Å²) < 4.78 is 13.7. The topological polar surface area (TPSA) is 61.4 Å². The highest BCUT2D eigenvalue weighted by Gasteiger charge is 2.46. The first-order valence-corrected chi connectivity index (χ1v) is 11.2. The maximum atomic E-state index is 13.7. The van der Waals surface area contributed by atoms with E-state index in [4.69, 9.17) is 0 Å². The second kappa shape index (κ2) is 8.72. The van der Waals surface area contributed by atoms with Crippen molar-refractivity contribution in [3.05, 3.63) is 35.6 Å². The Morgan fingerprint density at radius 1 is 0.931 bits per heavy atom. The number of halogens is 1. The second-order valence-electron chi connectivity index (χ2n) is 8.97. The van der Waals surface area contributed by atoms with Crippen LogP contribution < -0.4 is 10.6 Å². The lowest BCUT2D eigenvalue weighted by atomic mass is 9.63. The lowest BCUT2D eigenvalue weighted by Gasteiger charge is -2.42. The maximum Gasteiger partial charge on any atom is 0.317 e. The fourth-order valence-corrected chi connectivity index (χ4v) is 5.03. The second-order valence-corrected chi connectivity index (χ2v) is 8.97. The van der Waals surface area contributed by atoms with Crippen LogP contribution in [0.2, 0.25) is 0 Å². The minimum absolute atomic E-state index is 0.0134. The predicted molar refractivity (Wildman–Crippen MR) is 110 cm³/mol. The monoisotopic (exact) mass is 401 g/mol. The molecule has 1 saturated heterocycles. The molecule has 2 saturated carbocycles. The van der Waals surface area contributed by atoms with Crippen molar-refractivity contribution in [3.8, 4) is 0 Å². The van der Waals surface area contributed by atoms with Gasteiger partial charge in [-0.1, -0.05) is 37.8 Å². The Bertz CT molecular complexity index is 735. The average molecular weight is 402 g/mol. The highest BCUT2D eigenvalue weighted by atomic mass is 19.1. The van der Waals surface area contributed by atoms with Crippen molar-refractivity contribution in [2.24, 2.45) is 0 Å². The third kappa shape index (κ3) is 4.41. The summed E-state index contributed by atoms with van der Waals surface area (Å²) in [6.45, 7) is 1.33. The van der Waals surface area contributed by atoms with E-state index in [1.807, 2.05) is 11.0 Å². The summed E-state index contributed by atoms with van der Waals surface area (Å²) in [5.41, 5.74) is 0.197. The normalized spacial score (nSPS) is 22.6. The number of amides is 3. The van der Waals surface area contributed by atoms with Gasteiger partial charge < -0.3 is 15.5 Å². The first kappa shape index (κ1) is 20.2. The van der Waals surface area contributed by atoms with Crippen molar-refractivity contribution >= 4 is 11.9 Å². The molecule has 0 bridgehead atoms. The maximum absolute atomic E-state index is 13.7. The molecule has 158 valence electrons. The Balaban J connectivity index is 1.29. The molecule has 0 radical (unpaired) electrons. The smallest absolute Gasteiger partial charge is 0.317 e. The number of carbonyl (C=O) groups excluding carboxylic acids is 2. The molecule has 5 nitrogen and oxygen atoms in total. The van der Waals surface area contributed by atoms with Gasteiger partial charge in [0.05, 0.1) is 5.41 Å². The molecule has 0 spiro atoms. The molecular weight excluding hydrogens is 369 g/mol. The van der Waals surface area contributed by atoms with Gasteiger partial charge in [-0.25, -0.2) is 9.18 Å². The molecule has 1 aliphatic heterocycles. The summed E-state index contributed by atoms with van der Waals surface area (Å²) in [7, 11) is 0. The standard InChI is InChI=1S/C23H32FN3O2/c24-18-7-4-6-17(16-18)23(12-5-13-23)21(28)25-20-10-14-27(15-11-20)22(29)26-19-8-2-1-3-9-19/h4,6-7,16,19-20H,1-3,5,8-15H2,(H,25,28)(H,26,29). The molecule has 0 aromatic heterocycles. The van der Waals surface area contributed by atoms with Crippen LogP contribution in [0.3, 0.4) is 0 Å². The predicted octanol–water partition coefficient (Wildman–Crippen LogP) is 3.87. The molecule has 2 N–H and O–H groups in total. The van der Waals surface area contributed by atoms with Crippen LogP contribution in [0.5, 0.6) is 0 Å². The molecule has 1 heterocycles. The highest BCUT2D eigenvalue weighted by molar-refractivity contribution is 5.89. The first-order valence-electron chi connectivity index (χ1n) is 11.2. The van der Waals surface area contributed by atoms with Crippen molar-refractivity contribution < 1.29 is 14.0 Å². The quantitative estimate of drug-likeness (QED) is 0.805. The van der Waals surface area contributed by atoms with Gasteiger partial charge in [-0.15, -0.1) is 0 Å². The van der Waals surface area contributed by atoms with E-state index in [0.717, 1.165) is 50.5 Å². The fraction of sp³-hybridized carbons (Fsp3) is 0.652. The largest absolute Gasteiger partial charge is 0.352 e. The summed E-state index contributed by atoms with van der Waals surface area (Å²) in [6.07, 6.45) is 9.90. The average Bonchev–Trinajstić information content (AvgIpc) is 2.68. The molecule has 29 heavy (non-hydrogen) atoms. The number of carbonyl (C=O) groups is 2. The molecule has 6 heteroatoms. The van der Waals surface area contributed by atoms with E-state index in [-0.39, 0.29) is 23.8 Å². The minimum atomic E-state index is -0.586. The van der Waals surface area contributed by atoms with Crippen LogP contribution in [0.25, 0.3) is 0 Å². The van der Waals surface area contributed by atoms with Crippen LogP contribution in [-0.2, 0) is 10.2 Å². The number of nitrogens with one attached hydrogen (secondary N) is 2. The van der Waals surface area contributed by atoms with Crippen molar-refractivity contribution in [2.75, 3.05) is 13.1 Å². The molecule has 0 atom stereocenters. The van der Waals surface area contributed by atoms with E-state index in [1.165, 1.54) is 31.4 Å². The molecule has 3 aliphatic rings. The van der Waals surface area contributed by atoms with Crippen molar-refractivity contribution in [1.29, 1.82) is 0 Å². The van der Waals surface area contributed by atoms with Gasteiger partial charge in [0.25, 0.3) is 0 Å². The number of urea groups is 1. The Labute approximate surface area is 172 Å². The van der Waals surface area contributed by atoms with Gasteiger partial charge in [0, 0.05) is 25.2 Å². The fourth-order valence-electron chi connectivity index (χ4n) is 5.03. The van der Waals surface area contributed by atoms with Gasteiger partial charge in [0.15, 0.2) is 0 Å². The SMILES string of the molecule is O=C(NC1CCCCC1)N1CCC(NC(=O)C2(c3cccc(F)c3)CCC2)CC1. The van der Waals surface area contributed by atoms with Gasteiger partial charge in [0.2, 0.25) is 5.91 Å². The summed E-state index contributed by atoms with van der Waals surface area (Å²) in [5.74, 6) is -0.279. The van der Waals surface area contributed by atoms with Crippen LogP contribution in [0.1, 0.15) is 69.8 Å². The number of piperidine rings is 1. The lowest BCUT2D eigenvalue weighted by Crippen LogP contribution is -2.55. The van der Waals surface area contributed by atoms with E-state index in [2.05, 4.69) is 10.6 Å². The number of hydrogen-bond acceptors (Lipinski definition) is 2. The molecule has 1 aromatic carbocycles. The van der Waals surface area contributed by atoms with Gasteiger partial charge >= 0.3 is 6.03 Å². The third-order valence-electron chi connectivity index (χ3n) is 7.07. The zero-order valence-electron chi connectivity index (χ0n) is 17.1. The molecule has 3 amide bonds. The molecule has 1 aromatic rings. The van der Waals surface area contributed by atoms with E-state index in [9.17, 15) is 14.0 Å². The van der Waals surface area contributed by atoms with E-state index >= 15 is 0 Å². The summed E-state index contributed by atoms with van der Waals surface area (Å²) in [5, 5.41) is 6.38. The van der Waals surface area contributed by atoms with Crippen LogP contribution >= 0.6 is 0 Å². The number of benzene rings is 1.